The predicted octanol–water partition coefficient (Wildman–Crippen LogP) is 0.998. The van der Waals surface area contributed by atoms with Crippen LogP contribution in [0.1, 0.15) is 19.8 Å². The molecular formula is C7H15O2. The van der Waals surface area contributed by atoms with Crippen molar-refractivity contribution in [1.82, 2.24) is 0 Å². The summed E-state index contributed by atoms with van der Waals surface area (Å²) in [4.78, 5) is 0. The van der Waals surface area contributed by atoms with E-state index in [1.807, 2.05) is 6.92 Å². The minimum Gasteiger partial charge on any atom is -0.394 e. The fourth-order valence-corrected chi connectivity index (χ4v) is 0.625. The van der Waals surface area contributed by atoms with Crippen LogP contribution in [0, 0.1) is 6.92 Å². The molecule has 0 saturated heterocycles. The van der Waals surface area contributed by atoms with E-state index in [2.05, 4.69) is 6.92 Å². The summed E-state index contributed by atoms with van der Waals surface area (Å²) in [5.74, 6) is 0. The summed E-state index contributed by atoms with van der Waals surface area (Å²) in [5.41, 5.74) is 0. The Morgan fingerprint density at radius 1 is 1.67 bits per heavy atom. The second-order valence-corrected chi connectivity index (χ2v) is 2.05. The number of aliphatic hydroxyl groups is 1. The predicted molar refractivity (Wildman–Crippen MR) is 37.1 cm³/mol. The maximum absolute atomic E-state index is 8.34. The van der Waals surface area contributed by atoms with Gasteiger partial charge in [-0.1, -0.05) is 13.3 Å². The molecule has 0 fully saturated rings. The lowest BCUT2D eigenvalue weighted by Crippen LogP contribution is -2.10. The fraction of sp³-hybridized carbons (Fsp3) is 0.857. The van der Waals surface area contributed by atoms with Gasteiger partial charge in [-0.2, -0.15) is 0 Å². The van der Waals surface area contributed by atoms with Gasteiger partial charge in [-0.25, -0.2) is 0 Å². The summed E-state index contributed by atoms with van der Waals surface area (Å²) >= 11 is 0. The molecule has 2 heteroatoms. The van der Waals surface area contributed by atoms with E-state index in [1.54, 1.807) is 0 Å². The first kappa shape index (κ1) is 8.92. The summed E-state index contributed by atoms with van der Waals surface area (Å²) in [6.45, 7) is 6.24. The van der Waals surface area contributed by atoms with Gasteiger partial charge in [0.1, 0.15) is 0 Å². The minimum atomic E-state index is 0.113. The lowest BCUT2D eigenvalue weighted by atomic mass is 10.2. The van der Waals surface area contributed by atoms with Gasteiger partial charge in [0.25, 0.3) is 0 Å². The molecule has 1 radical (unpaired) electrons. The third-order valence-corrected chi connectivity index (χ3v) is 1.10. The molecule has 0 aromatic rings. The number of hydrogen-bond acceptors (Lipinski definition) is 2. The van der Waals surface area contributed by atoms with E-state index in [9.17, 15) is 0 Å². The topological polar surface area (TPSA) is 29.5 Å². The summed E-state index contributed by atoms with van der Waals surface area (Å²) in [6.07, 6.45) is 2.11. The van der Waals surface area contributed by atoms with Gasteiger partial charge in [0.15, 0.2) is 0 Å². The van der Waals surface area contributed by atoms with E-state index in [-0.39, 0.29) is 12.7 Å². The number of aliphatic hydroxyl groups excluding tert-OH is 1. The largest absolute Gasteiger partial charge is 0.394 e. The van der Waals surface area contributed by atoms with Crippen LogP contribution in [0.25, 0.3) is 0 Å². The minimum absolute atomic E-state index is 0.113. The monoisotopic (exact) mass is 131 g/mol. The smallest absolute Gasteiger partial charge is 0.0701 e. The SMILES string of the molecule is [CH2]CCC(C)OCCO. The van der Waals surface area contributed by atoms with E-state index in [0.717, 1.165) is 12.8 Å². The molecule has 0 bridgehead atoms. The Balaban J connectivity index is 2.95. The molecule has 1 unspecified atom stereocenters. The van der Waals surface area contributed by atoms with Crippen molar-refractivity contribution in [3.63, 3.8) is 0 Å². The highest BCUT2D eigenvalue weighted by atomic mass is 16.5. The Morgan fingerprint density at radius 2 is 2.33 bits per heavy atom. The average molecular weight is 131 g/mol. The molecule has 1 N–H and O–H groups in total. The van der Waals surface area contributed by atoms with Crippen LogP contribution in [0.3, 0.4) is 0 Å². The average Bonchev–Trinajstić information content (AvgIpc) is 1.85. The summed E-state index contributed by atoms with van der Waals surface area (Å²) in [5, 5.41) is 8.34. The fourth-order valence-electron chi connectivity index (χ4n) is 0.625. The molecule has 0 aliphatic heterocycles. The zero-order valence-corrected chi connectivity index (χ0v) is 5.97. The van der Waals surface area contributed by atoms with Crippen LogP contribution < -0.4 is 0 Å². The first-order valence-electron chi connectivity index (χ1n) is 3.33. The van der Waals surface area contributed by atoms with Crippen molar-refractivity contribution in [2.75, 3.05) is 13.2 Å². The zero-order chi connectivity index (χ0) is 7.11. The maximum atomic E-state index is 8.34. The highest BCUT2D eigenvalue weighted by Gasteiger charge is 1.97. The lowest BCUT2D eigenvalue weighted by Gasteiger charge is -2.09. The molecule has 9 heavy (non-hydrogen) atoms. The van der Waals surface area contributed by atoms with Crippen LogP contribution in [0.15, 0.2) is 0 Å². The molecular weight excluding hydrogens is 116 g/mol. The molecule has 0 aromatic heterocycles. The van der Waals surface area contributed by atoms with Gasteiger partial charge < -0.3 is 9.84 Å². The zero-order valence-electron chi connectivity index (χ0n) is 5.97. The Hall–Kier alpha value is -0.0800. The molecule has 1 atom stereocenters. The van der Waals surface area contributed by atoms with Crippen molar-refractivity contribution >= 4 is 0 Å². The third kappa shape index (κ3) is 5.80. The van der Waals surface area contributed by atoms with Crippen LogP contribution in [0.4, 0.5) is 0 Å². The van der Waals surface area contributed by atoms with E-state index < -0.39 is 0 Å². The molecule has 0 spiro atoms. The van der Waals surface area contributed by atoms with E-state index >= 15 is 0 Å². The van der Waals surface area contributed by atoms with Crippen molar-refractivity contribution < 1.29 is 9.84 Å². The van der Waals surface area contributed by atoms with Gasteiger partial charge in [-0.3, -0.25) is 0 Å². The molecule has 0 aliphatic rings. The normalized spacial score (nSPS) is 13.7. The molecule has 0 heterocycles. The quantitative estimate of drug-likeness (QED) is 0.603. The summed E-state index contributed by atoms with van der Waals surface area (Å²) in [7, 11) is 0. The Bertz CT molecular complexity index is 54.9. The summed E-state index contributed by atoms with van der Waals surface area (Å²) in [6, 6.07) is 0. The second-order valence-electron chi connectivity index (χ2n) is 2.05. The number of rotatable bonds is 5. The highest BCUT2D eigenvalue weighted by molar-refractivity contribution is 4.50. The number of hydrogen-bond donors (Lipinski definition) is 1. The van der Waals surface area contributed by atoms with Crippen molar-refractivity contribution in [1.29, 1.82) is 0 Å². The van der Waals surface area contributed by atoms with Gasteiger partial charge in [-0.05, 0) is 13.3 Å². The molecule has 55 valence electrons. The standard InChI is InChI=1S/C7H15O2/c1-3-4-7(2)9-6-5-8/h7-8H,1,3-6H2,2H3. The van der Waals surface area contributed by atoms with Crippen LogP contribution in [-0.2, 0) is 4.74 Å². The lowest BCUT2D eigenvalue weighted by molar-refractivity contribution is 0.0352. The van der Waals surface area contributed by atoms with Crippen LogP contribution in [0.2, 0.25) is 0 Å². The van der Waals surface area contributed by atoms with E-state index in [1.165, 1.54) is 0 Å². The highest BCUT2D eigenvalue weighted by Crippen LogP contribution is 1.98. The molecule has 0 saturated carbocycles. The Labute approximate surface area is 56.8 Å². The van der Waals surface area contributed by atoms with Crippen LogP contribution >= 0.6 is 0 Å². The van der Waals surface area contributed by atoms with Crippen LogP contribution in [0.5, 0.6) is 0 Å². The van der Waals surface area contributed by atoms with Crippen molar-refractivity contribution in [3.8, 4) is 0 Å². The maximum Gasteiger partial charge on any atom is 0.0701 e. The van der Waals surface area contributed by atoms with E-state index in [0.29, 0.717) is 6.61 Å². The van der Waals surface area contributed by atoms with Crippen molar-refractivity contribution in [3.05, 3.63) is 6.92 Å². The van der Waals surface area contributed by atoms with Crippen molar-refractivity contribution in [2.45, 2.75) is 25.9 Å². The Kier molecular flexibility index (Phi) is 5.99. The molecule has 0 aliphatic carbocycles. The third-order valence-electron chi connectivity index (χ3n) is 1.10. The Morgan fingerprint density at radius 3 is 2.78 bits per heavy atom. The van der Waals surface area contributed by atoms with Crippen LogP contribution in [-0.4, -0.2) is 24.4 Å². The van der Waals surface area contributed by atoms with Gasteiger partial charge in [0, 0.05) is 0 Å². The summed E-state index contributed by atoms with van der Waals surface area (Å²) < 4.78 is 5.14. The van der Waals surface area contributed by atoms with Gasteiger partial charge >= 0.3 is 0 Å². The van der Waals surface area contributed by atoms with E-state index in [4.69, 9.17) is 9.84 Å². The van der Waals surface area contributed by atoms with Crippen molar-refractivity contribution in [2.24, 2.45) is 0 Å². The number of ether oxygens (including phenoxy) is 1. The van der Waals surface area contributed by atoms with Gasteiger partial charge in [-0.15, -0.1) is 0 Å². The molecule has 0 amide bonds. The first-order chi connectivity index (χ1) is 4.31. The first-order valence-corrected chi connectivity index (χ1v) is 3.33. The van der Waals surface area contributed by atoms with Gasteiger partial charge in [0.05, 0.1) is 19.3 Å². The van der Waals surface area contributed by atoms with Gasteiger partial charge in [0.2, 0.25) is 0 Å². The molecule has 0 aromatic carbocycles. The second kappa shape index (κ2) is 6.05. The molecule has 0 rings (SSSR count). The molecule has 2 nitrogen and oxygen atoms in total.